The van der Waals surface area contributed by atoms with Gasteiger partial charge in [-0.05, 0) is 37.1 Å². The molecule has 1 aliphatic heterocycles. The van der Waals surface area contributed by atoms with Crippen molar-refractivity contribution in [2.75, 3.05) is 26.1 Å². The zero-order valence-corrected chi connectivity index (χ0v) is 16.6. The Kier molecular flexibility index (Phi) is 5.51. The minimum absolute atomic E-state index is 0.0878. The first-order chi connectivity index (χ1) is 14.6. The number of rotatable bonds is 5. The molecule has 0 saturated carbocycles. The van der Waals surface area contributed by atoms with E-state index in [-0.39, 0.29) is 23.4 Å². The zero-order valence-electron chi connectivity index (χ0n) is 16.6. The van der Waals surface area contributed by atoms with E-state index in [1.54, 1.807) is 48.4 Å². The second kappa shape index (κ2) is 8.40. The Balaban J connectivity index is 1.55. The molecule has 0 spiro atoms. The maximum Gasteiger partial charge on any atom is 0.322 e. The maximum atomic E-state index is 14.0. The summed E-state index contributed by atoms with van der Waals surface area (Å²) in [5, 5.41) is 10.9. The number of nitrogens with zero attached hydrogens (tertiary/aromatic N) is 3. The number of likely N-dealkylation sites (tertiary alicyclic amines) is 1. The summed E-state index contributed by atoms with van der Waals surface area (Å²) in [5.74, 6) is 1.03. The van der Waals surface area contributed by atoms with Gasteiger partial charge < -0.3 is 24.1 Å². The van der Waals surface area contributed by atoms with Crippen LogP contribution < -0.4 is 14.8 Å². The number of benzene rings is 2. The van der Waals surface area contributed by atoms with Crippen LogP contribution >= 0.6 is 0 Å². The second-order valence-corrected chi connectivity index (χ2v) is 6.77. The lowest BCUT2D eigenvalue weighted by molar-refractivity contribution is 0.198. The normalized spacial score (nSPS) is 15.8. The average Bonchev–Trinajstić information content (AvgIpc) is 3.43. The van der Waals surface area contributed by atoms with Crippen LogP contribution in [0.3, 0.4) is 0 Å². The van der Waals surface area contributed by atoms with E-state index in [9.17, 15) is 9.18 Å². The third kappa shape index (κ3) is 3.78. The van der Waals surface area contributed by atoms with Crippen molar-refractivity contribution in [3.05, 3.63) is 54.2 Å². The van der Waals surface area contributed by atoms with Crippen molar-refractivity contribution in [1.29, 1.82) is 0 Å². The van der Waals surface area contributed by atoms with E-state index in [4.69, 9.17) is 13.9 Å². The monoisotopic (exact) mass is 412 g/mol. The third-order valence-electron chi connectivity index (χ3n) is 4.99. The number of ether oxygens (including phenoxy) is 2. The lowest BCUT2D eigenvalue weighted by atomic mass is 10.2. The Hall–Kier alpha value is -3.62. The number of carbonyl (C=O) groups is 1. The van der Waals surface area contributed by atoms with Crippen LogP contribution in [0.2, 0.25) is 0 Å². The van der Waals surface area contributed by atoms with Gasteiger partial charge in [0.25, 0.3) is 5.89 Å². The predicted molar refractivity (Wildman–Crippen MR) is 107 cm³/mol. The number of nitrogens with one attached hydrogen (secondary N) is 1. The summed E-state index contributed by atoms with van der Waals surface area (Å²) < 4.78 is 30.3. The Bertz CT molecular complexity index is 1050. The summed E-state index contributed by atoms with van der Waals surface area (Å²) in [6.45, 7) is 0.528. The Labute approximate surface area is 172 Å². The molecule has 156 valence electrons. The van der Waals surface area contributed by atoms with Crippen molar-refractivity contribution in [3.8, 4) is 23.0 Å². The highest BCUT2D eigenvalue weighted by atomic mass is 19.1. The molecule has 1 unspecified atom stereocenters. The number of amides is 2. The minimum Gasteiger partial charge on any atom is -0.497 e. The van der Waals surface area contributed by atoms with E-state index in [1.807, 2.05) is 0 Å². The largest absolute Gasteiger partial charge is 0.497 e. The van der Waals surface area contributed by atoms with Crippen molar-refractivity contribution < 1.29 is 23.1 Å². The average molecular weight is 412 g/mol. The molecule has 2 heterocycles. The number of anilines is 1. The number of carbonyl (C=O) groups excluding carboxylic acids is 1. The first kappa shape index (κ1) is 19.7. The van der Waals surface area contributed by atoms with Crippen LogP contribution in [0.15, 0.2) is 46.9 Å². The van der Waals surface area contributed by atoms with Crippen molar-refractivity contribution in [1.82, 2.24) is 15.1 Å². The first-order valence-corrected chi connectivity index (χ1v) is 9.48. The fraction of sp³-hybridized carbons (Fsp3) is 0.286. The molecule has 1 atom stereocenters. The SMILES string of the molecule is COc1ccc(OC)c(NC(=O)N2CCCC2c2nnc(-c3ccccc3F)o2)c1. The number of halogens is 1. The highest BCUT2D eigenvalue weighted by Gasteiger charge is 2.34. The molecule has 4 rings (SSSR count). The quantitative estimate of drug-likeness (QED) is 0.673. The topological polar surface area (TPSA) is 89.7 Å². The number of aromatic nitrogens is 2. The van der Waals surface area contributed by atoms with Gasteiger partial charge >= 0.3 is 6.03 Å². The van der Waals surface area contributed by atoms with Crippen molar-refractivity contribution in [2.24, 2.45) is 0 Å². The lowest BCUT2D eigenvalue weighted by Gasteiger charge is -2.23. The Morgan fingerprint density at radius 3 is 2.80 bits per heavy atom. The smallest absolute Gasteiger partial charge is 0.322 e. The molecule has 0 radical (unpaired) electrons. The van der Waals surface area contributed by atoms with Gasteiger partial charge in [-0.25, -0.2) is 9.18 Å². The van der Waals surface area contributed by atoms with Crippen LogP contribution in [0.5, 0.6) is 11.5 Å². The minimum atomic E-state index is -0.446. The fourth-order valence-electron chi connectivity index (χ4n) is 3.48. The van der Waals surface area contributed by atoms with Gasteiger partial charge in [0.15, 0.2) is 0 Å². The summed E-state index contributed by atoms with van der Waals surface area (Å²) in [4.78, 5) is 14.6. The molecule has 3 aromatic rings. The molecule has 8 nitrogen and oxygen atoms in total. The standard InChI is InChI=1S/C21H21FN4O4/c1-28-13-9-10-18(29-2)16(12-13)23-21(27)26-11-5-8-17(26)20-25-24-19(30-20)14-6-3-4-7-15(14)22/h3-4,6-7,9-10,12,17H,5,8,11H2,1-2H3,(H,23,27). The molecule has 1 N–H and O–H groups in total. The van der Waals surface area contributed by atoms with Gasteiger partial charge in [0.2, 0.25) is 5.89 Å². The van der Waals surface area contributed by atoms with Crippen LogP contribution in [0.25, 0.3) is 11.5 Å². The molecular weight excluding hydrogens is 391 g/mol. The van der Waals surface area contributed by atoms with E-state index in [1.165, 1.54) is 13.2 Å². The van der Waals surface area contributed by atoms with E-state index in [2.05, 4.69) is 15.5 Å². The van der Waals surface area contributed by atoms with Gasteiger partial charge in [0, 0.05) is 12.6 Å². The molecule has 30 heavy (non-hydrogen) atoms. The third-order valence-corrected chi connectivity index (χ3v) is 4.99. The Morgan fingerprint density at radius 2 is 2.03 bits per heavy atom. The van der Waals surface area contributed by atoms with Gasteiger partial charge in [0.05, 0.1) is 25.5 Å². The fourth-order valence-corrected chi connectivity index (χ4v) is 3.48. The number of urea groups is 1. The van der Waals surface area contributed by atoms with Crippen LogP contribution in [0.1, 0.15) is 24.8 Å². The number of methoxy groups -OCH3 is 2. The van der Waals surface area contributed by atoms with E-state index in [0.717, 1.165) is 6.42 Å². The molecule has 1 aliphatic rings. The molecule has 2 aromatic carbocycles. The Morgan fingerprint density at radius 1 is 1.20 bits per heavy atom. The highest BCUT2D eigenvalue weighted by Crippen LogP contribution is 2.35. The molecule has 1 fully saturated rings. The van der Waals surface area contributed by atoms with Crippen LogP contribution in [0, 0.1) is 5.82 Å². The maximum absolute atomic E-state index is 14.0. The lowest BCUT2D eigenvalue weighted by Crippen LogP contribution is -2.34. The summed E-state index contributed by atoms with van der Waals surface area (Å²) >= 11 is 0. The number of hydrogen-bond acceptors (Lipinski definition) is 6. The molecular formula is C21H21FN4O4. The molecule has 0 bridgehead atoms. The van der Waals surface area contributed by atoms with Crippen LogP contribution in [0.4, 0.5) is 14.9 Å². The molecule has 1 saturated heterocycles. The summed E-state index contributed by atoms with van der Waals surface area (Å²) in [7, 11) is 3.07. The summed E-state index contributed by atoms with van der Waals surface area (Å²) in [6.07, 6.45) is 1.45. The van der Waals surface area contributed by atoms with Crippen LogP contribution in [-0.2, 0) is 0 Å². The van der Waals surface area contributed by atoms with Gasteiger partial charge in [-0.2, -0.15) is 0 Å². The van der Waals surface area contributed by atoms with E-state index >= 15 is 0 Å². The molecule has 1 aromatic heterocycles. The summed E-state index contributed by atoms with van der Waals surface area (Å²) in [5.41, 5.74) is 0.719. The van der Waals surface area contributed by atoms with Gasteiger partial charge in [-0.3, -0.25) is 0 Å². The van der Waals surface area contributed by atoms with Gasteiger partial charge in [-0.15, -0.1) is 10.2 Å². The van der Waals surface area contributed by atoms with E-state index < -0.39 is 11.9 Å². The second-order valence-electron chi connectivity index (χ2n) is 6.77. The zero-order chi connectivity index (χ0) is 21.1. The van der Waals surface area contributed by atoms with Gasteiger partial charge in [0.1, 0.15) is 23.4 Å². The molecule has 0 aliphatic carbocycles. The highest BCUT2D eigenvalue weighted by molar-refractivity contribution is 5.91. The predicted octanol–water partition coefficient (Wildman–Crippen LogP) is 4.26. The molecule has 2 amide bonds. The van der Waals surface area contributed by atoms with Gasteiger partial charge in [-0.1, -0.05) is 12.1 Å². The van der Waals surface area contributed by atoms with Crippen molar-refractivity contribution in [2.45, 2.75) is 18.9 Å². The molecule has 9 heteroatoms. The van der Waals surface area contributed by atoms with Crippen molar-refractivity contribution >= 4 is 11.7 Å². The van der Waals surface area contributed by atoms with E-state index in [0.29, 0.717) is 30.2 Å². The van der Waals surface area contributed by atoms with Crippen molar-refractivity contribution in [3.63, 3.8) is 0 Å². The number of hydrogen-bond donors (Lipinski definition) is 1. The summed E-state index contributed by atoms with van der Waals surface area (Å²) in [6, 6.07) is 10.6. The first-order valence-electron chi connectivity index (χ1n) is 9.48. The van der Waals surface area contributed by atoms with Crippen LogP contribution in [-0.4, -0.2) is 41.9 Å².